The number of rotatable bonds is 4. The summed E-state index contributed by atoms with van der Waals surface area (Å²) in [5, 5.41) is 12.0. The molecule has 0 atom stereocenters. The maximum atomic E-state index is 4.25. The molecule has 0 unspecified atom stereocenters. The van der Waals surface area contributed by atoms with Crippen LogP contribution in [0.15, 0.2) is 24.3 Å². The number of benzene rings is 1. The number of hydrogen-bond donors (Lipinski definition) is 2. The molecule has 1 aromatic carbocycles. The van der Waals surface area contributed by atoms with Gasteiger partial charge in [0.05, 0.1) is 11.2 Å². The van der Waals surface area contributed by atoms with Crippen molar-refractivity contribution in [2.24, 2.45) is 5.92 Å². The molecule has 0 bridgehead atoms. The summed E-state index contributed by atoms with van der Waals surface area (Å²) in [6.45, 7) is 6.31. The van der Waals surface area contributed by atoms with Gasteiger partial charge in [0, 0.05) is 11.9 Å². The summed E-state index contributed by atoms with van der Waals surface area (Å²) in [6, 6.07) is 8.18. The van der Waals surface area contributed by atoms with Crippen LogP contribution in [0.2, 0.25) is 0 Å². The highest BCUT2D eigenvalue weighted by Crippen LogP contribution is 2.14. The van der Waals surface area contributed by atoms with Crippen molar-refractivity contribution >= 4 is 10.9 Å². The predicted octanol–water partition coefficient (Wildman–Crippen LogP) is 2.31. The van der Waals surface area contributed by atoms with Crippen molar-refractivity contribution in [3.8, 4) is 0 Å². The van der Waals surface area contributed by atoms with Gasteiger partial charge in [-0.05, 0) is 18.5 Å². The lowest BCUT2D eigenvalue weighted by Crippen LogP contribution is -2.19. The van der Waals surface area contributed by atoms with E-state index in [1.54, 1.807) is 0 Å². The number of fused-ring (bicyclic) bond motifs is 1. The smallest absolute Gasteiger partial charge is 0.0924 e. The number of nitrogens with zero attached hydrogens (tertiary/aromatic N) is 1. The largest absolute Gasteiger partial charge is 0.311 e. The average molecular weight is 203 g/mol. The van der Waals surface area contributed by atoms with Crippen LogP contribution < -0.4 is 5.32 Å². The van der Waals surface area contributed by atoms with Crippen molar-refractivity contribution in [3.05, 3.63) is 30.0 Å². The first-order valence-corrected chi connectivity index (χ1v) is 5.40. The van der Waals surface area contributed by atoms with Crippen LogP contribution in [0.1, 0.15) is 19.5 Å². The zero-order valence-corrected chi connectivity index (χ0v) is 9.25. The van der Waals surface area contributed by atoms with Crippen LogP contribution in [0.5, 0.6) is 0 Å². The number of nitrogens with one attached hydrogen (secondary N) is 2. The lowest BCUT2D eigenvalue weighted by atomic mass is 10.2. The second-order valence-electron chi connectivity index (χ2n) is 4.24. The topological polar surface area (TPSA) is 40.7 Å². The second-order valence-corrected chi connectivity index (χ2v) is 4.24. The fourth-order valence-corrected chi connectivity index (χ4v) is 1.63. The van der Waals surface area contributed by atoms with E-state index in [1.807, 2.05) is 18.2 Å². The van der Waals surface area contributed by atoms with Crippen LogP contribution in [-0.2, 0) is 6.54 Å². The number of para-hydroxylation sites is 1. The van der Waals surface area contributed by atoms with E-state index in [0.717, 1.165) is 18.6 Å². The van der Waals surface area contributed by atoms with Crippen LogP contribution in [0.3, 0.4) is 0 Å². The molecule has 1 heterocycles. The van der Waals surface area contributed by atoms with Crippen molar-refractivity contribution in [1.82, 2.24) is 15.5 Å². The molecule has 0 aliphatic rings. The van der Waals surface area contributed by atoms with Gasteiger partial charge in [0.2, 0.25) is 0 Å². The minimum Gasteiger partial charge on any atom is -0.311 e. The van der Waals surface area contributed by atoms with Crippen LogP contribution in [0, 0.1) is 5.92 Å². The predicted molar refractivity (Wildman–Crippen MR) is 62.6 cm³/mol. The summed E-state index contributed by atoms with van der Waals surface area (Å²) >= 11 is 0. The average Bonchev–Trinajstić information content (AvgIpc) is 2.62. The normalized spacial score (nSPS) is 11.4. The summed E-state index contributed by atoms with van der Waals surface area (Å²) in [4.78, 5) is 0. The zero-order valence-electron chi connectivity index (χ0n) is 9.25. The number of hydrogen-bond acceptors (Lipinski definition) is 2. The van der Waals surface area contributed by atoms with Crippen LogP contribution in [0.25, 0.3) is 10.9 Å². The maximum Gasteiger partial charge on any atom is 0.0924 e. The molecule has 0 aliphatic heterocycles. The third-order valence-electron chi connectivity index (χ3n) is 2.39. The molecular formula is C12H17N3. The van der Waals surface area contributed by atoms with Crippen LogP contribution in [0.4, 0.5) is 0 Å². The summed E-state index contributed by atoms with van der Waals surface area (Å²) in [5.74, 6) is 0.680. The molecule has 0 radical (unpaired) electrons. The summed E-state index contributed by atoms with van der Waals surface area (Å²) < 4.78 is 0. The molecule has 0 fully saturated rings. The Morgan fingerprint density at radius 2 is 2.13 bits per heavy atom. The molecular weight excluding hydrogens is 186 g/mol. The van der Waals surface area contributed by atoms with E-state index in [9.17, 15) is 0 Å². The van der Waals surface area contributed by atoms with Crippen LogP contribution >= 0.6 is 0 Å². The molecule has 0 amide bonds. The Labute approximate surface area is 89.9 Å². The molecule has 1 aromatic heterocycles. The van der Waals surface area contributed by atoms with Gasteiger partial charge >= 0.3 is 0 Å². The number of H-pyrrole nitrogens is 1. The van der Waals surface area contributed by atoms with Gasteiger partial charge in [0.15, 0.2) is 0 Å². The van der Waals surface area contributed by atoms with E-state index < -0.39 is 0 Å². The fourth-order valence-electron chi connectivity index (χ4n) is 1.63. The number of aromatic amines is 1. The summed E-state index contributed by atoms with van der Waals surface area (Å²) in [6.07, 6.45) is 0. The van der Waals surface area contributed by atoms with Crippen molar-refractivity contribution in [2.75, 3.05) is 6.54 Å². The van der Waals surface area contributed by atoms with Gasteiger partial charge in [-0.3, -0.25) is 5.10 Å². The summed E-state index contributed by atoms with van der Waals surface area (Å²) in [5.41, 5.74) is 2.21. The zero-order chi connectivity index (χ0) is 10.7. The minimum atomic E-state index is 0.680. The SMILES string of the molecule is CC(C)CNCc1[nH]nc2ccccc12. The molecule has 0 saturated carbocycles. The van der Waals surface area contributed by atoms with Crippen molar-refractivity contribution in [1.29, 1.82) is 0 Å². The molecule has 2 rings (SSSR count). The van der Waals surface area contributed by atoms with E-state index in [-0.39, 0.29) is 0 Å². The first kappa shape index (κ1) is 10.2. The van der Waals surface area contributed by atoms with Crippen molar-refractivity contribution in [2.45, 2.75) is 20.4 Å². The van der Waals surface area contributed by atoms with E-state index >= 15 is 0 Å². The van der Waals surface area contributed by atoms with Crippen molar-refractivity contribution in [3.63, 3.8) is 0 Å². The van der Waals surface area contributed by atoms with E-state index in [1.165, 1.54) is 11.1 Å². The minimum absolute atomic E-state index is 0.680. The molecule has 0 saturated heterocycles. The molecule has 0 aliphatic carbocycles. The van der Waals surface area contributed by atoms with Gasteiger partial charge in [-0.2, -0.15) is 5.10 Å². The Bertz CT molecular complexity index is 431. The highest BCUT2D eigenvalue weighted by molar-refractivity contribution is 5.80. The third kappa shape index (κ3) is 2.36. The molecule has 80 valence electrons. The van der Waals surface area contributed by atoms with Gasteiger partial charge < -0.3 is 5.32 Å². The molecule has 3 heteroatoms. The summed E-state index contributed by atoms with van der Waals surface area (Å²) in [7, 11) is 0. The van der Waals surface area contributed by atoms with Crippen LogP contribution in [-0.4, -0.2) is 16.7 Å². The number of aromatic nitrogens is 2. The van der Waals surface area contributed by atoms with Gasteiger partial charge in [-0.15, -0.1) is 0 Å². The second kappa shape index (κ2) is 4.45. The molecule has 0 spiro atoms. The van der Waals surface area contributed by atoms with E-state index in [0.29, 0.717) is 5.92 Å². The Hall–Kier alpha value is -1.35. The molecule has 15 heavy (non-hydrogen) atoms. The first-order valence-electron chi connectivity index (χ1n) is 5.40. The highest BCUT2D eigenvalue weighted by atomic mass is 15.1. The Morgan fingerprint density at radius 3 is 2.93 bits per heavy atom. The Morgan fingerprint density at radius 1 is 1.33 bits per heavy atom. The van der Waals surface area contributed by atoms with Crippen molar-refractivity contribution < 1.29 is 0 Å². The Balaban J connectivity index is 2.08. The quantitative estimate of drug-likeness (QED) is 0.800. The standard InChI is InChI=1S/C12H17N3/c1-9(2)7-13-8-12-10-5-3-4-6-11(10)14-15-12/h3-6,9,13H,7-8H2,1-2H3,(H,14,15). The van der Waals surface area contributed by atoms with Gasteiger partial charge in [-0.1, -0.05) is 32.0 Å². The molecule has 2 aromatic rings. The third-order valence-corrected chi connectivity index (χ3v) is 2.39. The Kier molecular flexibility index (Phi) is 3.02. The fraction of sp³-hybridized carbons (Fsp3) is 0.417. The lowest BCUT2D eigenvalue weighted by molar-refractivity contribution is 0.549. The first-order chi connectivity index (χ1) is 7.27. The maximum absolute atomic E-state index is 4.25. The molecule has 3 nitrogen and oxygen atoms in total. The van der Waals surface area contributed by atoms with E-state index in [2.05, 4.69) is 35.4 Å². The van der Waals surface area contributed by atoms with E-state index in [4.69, 9.17) is 0 Å². The monoisotopic (exact) mass is 203 g/mol. The van der Waals surface area contributed by atoms with Gasteiger partial charge in [-0.25, -0.2) is 0 Å². The lowest BCUT2D eigenvalue weighted by Gasteiger charge is -2.05. The highest BCUT2D eigenvalue weighted by Gasteiger charge is 2.03. The van der Waals surface area contributed by atoms with Gasteiger partial charge in [0.1, 0.15) is 0 Å². The van der Waals surface area contributed by atoms with Gasteiger partial charge in [0.25, 0.3) is 0 Å². The molecule has 2 N–H and O–H groups in total.